The zero-order valence-electron chi connectivity index (χ0n) is 23.2. The Morgan fingerprint density at radius 3 is 2.15 bits per heavy atom. The van der Waals surface area contributed by atoms with Crippen LogP contribution in [0.15, 0.2) is 102 Å². The molecule has 41 heavy (non-hydrogen) atoms. The van der Waals surface area contributed by atoms with Crippen LogP contribution in [0.2, 0.25) is 0 Å². The second-order valence-electron chi connectivity index (χ2n) is 10.1. The number of carbonyl (C=O) groups excluding carboxylic acids is 1. The van der Waals surface area contributed by atoms with Crippen molar-refractivity contribution in [1.82, 2.24) is 14.9 Å². The van der Waals surface area contributed by atoms with Crippen molar-refractivity contribution in [2.45, 2.75) is 43.3 Å². The quantitative estimate of drug-likeness (QED) is 0.217. The molecule has 8 nitrogen and oxygen atoms in total. The van der Waals surface area contributed by atoms with Crippen LogP contribution >= 0.6 is 0 Å². The second-order valence-corrected chi connectivity index (χ2v) is 11.8. The topological polar surface area (TPSA) is 116 Å². The number of nitrogens with zero attached hydrogens (tertiary/aromatic N) is 1. The maximum Gasteiger partial charge on any atom is 0.326 e. The summed E-state index contributed by atoms with van der Waals surface area (Å²) in [5, 5.41) is 14.1. The summed E-state index contributed by atoms with van der Waals surface area (Å²) in [5.41, 5.74) is 2.47. The Morgan fingerprint density at radius 1 is 0.854 bits per heavy atom. The number of rotatable bonds is 13. The zero-order chi connectivity index (χ0) is 29.4. The molecular weight excluding hydrogens is 538 g/mol. The highest BCUT2D eigenvalue weighted by Crippen LogP contribution is 2.23. The highest BCUT2D eigenvalue weighted by atomic mass is 32.2. The lowest BCUT2D eigenvalue weighted by atomic mass is 10.0. The Kier molecular flexibility index (Phi) is 9.88. The molecule has 4 rings (SSSR count). The number of benzene rings is 4. The summed E-state index contributed by atoms with van der Waals surface area (Å²) in [6.07, 6.45) is -0.174. The van der Waals surface area contributed by atoms with Crippen molar-refractivity contribution in [3.8, 4) is 0 Å². The van der Waals surface area contributed by atoms with Crippen LogP contribution in [0.5, 0.6) is 0 Å². The number of carboxylic acids is 1. The van der Waals surface area contributed by atoms with Crippen LogP contribution in [0.1, 0.15) is 36.1 Å². The van der Waals surface area contributed by atoms with E-state index in [0.717, 1.165) is 35.0 Å². The first-order valence-electron chi connectivity index (χ1n) is 13.5. The van der Waals surface area contributed by atoms with Gasteiger partial charge in [-0.25, -0.2) is 17.9 Å². The van der Waals surface area contributed by atoms with Gasteiger partial charge in [0.05, 0.1) is 10.9 Å². The molecule has 0 spiro atoms. The highest BCUT2D eigenvalue weighted by molar-refractivity contribution is 7.89. The first kappa shape index (κ1) is 29.9. The van der Waals surface area contributed by atoms with E-state index in [4.69, 9.17) is 0 Å². The number of nitrogens with one attached hydrogen (secondary N) is 2. The molecule has 0 radical (unpaired) electrons. The molecular formula is C32H35N3O5S. The smallest absolute Gasteiger partial charge is 0.326 e. The maximum atomic E-state index is 13.4. The molecule has 0 saturated heterocycles. The fourth-order valence-electron chi connectivity index (χ4n) is 4.58. The molecule has 4 aromatic carbocycles. The minimum absolute atomic E-state index is 0.0783. The van der Waals surface area contributed by atoms with Gasteiger partial charge < -0.3 is 15.3 Å². The Bertz CT molecular complexity index is 1590. The van der Waals surface area contributed by atoms with Crippen molar-refractivity contribution < 1.29 is 23.1 Å². The van der Waals surface area contributed by atoms with Gasteiger partial charge in [-0.05, 0) is 53.2 Å². The zero-order valence-corrected chi connectivity index (χ0v) is 24.0. The van der Waals surface area contributed by atoms with E-state index in [2.05, 4.69) is 21.9 Å². The van der Waals surface area contributed by atoms with Crippen LogP contribution in [-0.4, -0.2) is 49.9 Å². The molecule has 0 aromatic heterocycles. The average Bonchev–Trinajstić information content (AvgIpc) is 2.97. The minimum atomic E-state index is -4.00. The van der Waals surface area contributed by atoms with E-state index in [1.54, 1.807) is 42.5 Å². The number of sulfonamides is 1. The first-order valence-corrected chi connectivity index (χ1v) is 15.0. The summed E-state index contributed by atoms with van der Waals surface area (Å²) in [4.78, 5) is 27.4. The van der Waals surface area contributed by atoms with Crippen molar-refractivity contribution in [3.05, 3.63) is 114 Å². The molecule has 0 fully saturated rings. The summed E-state index contributed by atoms with van der Waals surface area (Å²) in [7, 11) is -1.98. The maximum absolute atomic E-state index is 13.4. The van der Waals surface area contributed by atoms with E-state index >= 15 is 0 Å². The van der Waals surface area contributed by atoms with E-state index in [1.807, 2.05) is 55.6 Å². The minimum Gasteiger partial charge on any atom is -0.480 e. The predicted octanol–water partition coefficient (Wildman–Crippen LogP) is 4.51. The van der Waals surface area contributed by atoms with E-state index in [1.165, 1.54) is 6.07 Å². The van der Waals surface area contributed by atoms with Crippen LogP contribution in [0.3, 0.4) is 0 Å². The summed E-state index contributed by atoms with van der Waals surface area (Å²) >= 11 is 0. The van der Waals surface area contributed by atoms with Gasteiger partial charge in [-0.1, -0.05) is 91.9 Å². The van der Waals surface area contributed by atoms with Gasteiger partial charge in [0.25, 0.3) is 0 Å². The van der Waals surface area contributed by atoms with E-state index in [9.17, 15) is 23.1 Å². The molecule has 2 atom stereocenters. The van der Waals surface area contributed by atoms with Crippen LogP contribution in [-0.2, 0) is 32.6 Å². The Labute approximate surface area is 241 Å². The third-order valence-corrected chi connectivity index (χ3v) is 8.48. The number of hydrogen-bond donors (Lipinski definition) is 3. The Hall–Kier alpha value is -4.05. The molecule has 3 N–H and O–H groups in total. The van der Waals surface area contributed by atoms with Gasteiger partial charge >= 0.3 is 5.97 Å². The summed E-state index contributed by atoms with van der Waals surface area (Å²) in [6, 6.07) is 26.6. The van der Waals surface area contributed by atoms with Gasteiger partial charge in [0, 0.05) is 19.4 Å². The van der Waals surface area contributed by atoms with Crippen molar-refractivity contribution in [1.29, 1.82) is 0 Å². The molecule has 0 bridgehead atoms. The summed E-state index contributed by atoms with van der Waals surface area (Å²) < 4.78 is 29.4. The highest BCUT2D eigenvalue weighted by Gasteiger charge is 2.27. The molecule has 214 valence electrons. The number of aliphatic carboxylic acids is 1. The SMILES string of the molecule is CCN(C)Cc1ccc(CC(NC(=O)CC(NS(=O)(=O)c2ccc3ccccc3c2)c2ccccc2)C(=O)O)cc1. The van der Waals surface area contributed by atoms with Crippen molar-refractivity contribution in [2.75, 3.05) is 13.6 Å². The molecule has 0 saturated carbocycles. The molecule has 4 aromatic rings. The molecule has 0 aliphatic heterocycles. The first-order chi connectivity index (χ1) is 19.6. The standard InChI is InChI=1S/C32H35N3O5S/c1-3-35(2)22-24-15-13-23(14-16-24)19-30(32(37)38)33-31(36)21-29(26-10-5-4-6-11-26)34-41(39,40)28-18-17-25-9-7-8-12-27(25)20-28/h4-18,20,29-30,34H,3,19,21-22H2,1-2H3,(H,33,36)(H,37,38). The lowest BCUT2D eigenvalue weighted by Gasteiger charge is -2.21. The van der Waals surface area contributed by atoms with Crippen LogP contribution in [0.25, 0.3) is 10.8 Å². The van der Waals surface area contributed by atoms with Gasteiger partial charge in [-0.2, -0.15) is 0 Å². The van der Waals surface area contributed by atoms with E-state index in [0.29, 0.717) is 5.56 Å². The largest absolute Gasteiger partial charge is 0.480 e. The molecule has 1 amide bonds. The number of carbonyl (C=O) groups is 2. The van der Waals surface area contributed by atoms with Crippen LogP contribution in [0, 0.1) is 0 Å². The molecule has 0 heterocycles. The molecule has 9 heteroatoms. The number of carboxylic acid groups (broad SMARTS) is 1. The number of fused-ring (bicyclic) bond motifs is 1. The monoisotopic (exact) mass is 573 g/mol. The van der Waals surface area contributed by atoms with Crippen molar-refractivity contribution >= 4 is 32.7 Å². The van der Waals surface area contributed by atoms with Gasteiger partial charge in [0.2, 0.25) is 15.9 Å². The van der Waals surface area contributed by atoms with E-state index < -0.39 is 34.0 Å². The van der Waals surface area contributed by atoms with Gasteiger partial charge in [-0.15, -0.1) is 0 Å². The normalized spacial score (nSPS) is 13.1. The lowest BCUT2D eigenvalue weighted by Crippen LogP contribution is -2.44. The third-order valence-electron chi connectivity index (χ3n) is 7.01. The fraction of sp³-hybridized carbons (Fsp3) is 0.250. The summed E-state index contributed by atoms with van der Waals surface area (Å²) in [5.74, 6) is -1.74. The van der Waals surface area contributed by atoms with Crippen molar-refractivity contribution in [2.24, 2.45) is 0 Å². The molecule has 0 aliphatic carbocycles. The average molecular weight is 574 g/mol. The molecule has 0 aliphatic rings. The second kappa shape index (κ2) is 13.5. The summed E-state index contributed by atoms with van der Waals surface area (Å²) in [6.45, 7) is 3.77. The third kappa shape index (κ3) is 8.23. The van der Waals surface area contributed by atoms with Crippen LogP contribution < -0.4 is 10.0 Å². The Balaban J connectivity index is 1.48. The fourth-order valence-corrected chi connectivity index (χ4v) is 5.84. The predicted molar refractivity (Wildman–Crippen MR) is 160 cm³/mol. The number of amides is 1. The van der Waals surface area contributed by atoms with Gasteiger partial charge in [-0.3, -0.25) is 4.79 Å². The van der Waals surface area contributed by atoms with E-state index in [-0.39, 0.29) is 17.7 Å². The van der Waals surface area contributed by atoms with Crippen LogP contribution in [0.4, 0.5) is 0 Å². The van der Waals surface area contributed by atoms with Crippen molar-refractivity contribution in [3.63, 3.8) is 0 Å². The Morgan fingerprint density at radius 2 is 1.49 bits per heavy atom. The lowest BCUT2D eigenvalue weighted by molar-refractivity contribution is -0.141. The molecule has 2 unspecified atom stereocenters. The van der Waals surface area contributed by atoms with Gasteiger partial charge in [0.15, 0.2) is 0 Å². The number of hydrogen-bond acceptors (Lipinski definition) is 5. The van der Waals surface area contributed by atoms with Gasteiger partial charge in [0.1, 0.15) is 6.04 Å².